The molecule has 1 amide bonds. The number of carbonyl (C=O) groups is 1. The number of nitrogens with zero attached hydrogens (tertiary/aromatic N) is 1. The van der Waals surface area contributed by atoms with Crippen LogP contribution in [-0.4, -0.2) is 40.1 Å². The van der Waals surface area contributed by atoms with Crippen molar-refractivity contribution >= 4 is 33.2 Å². The quantitative estimate of drug-likeness (QED) is 0.658. The van der Waals surface area contributed by atoms with Crippen LogP contribution in [0, 0.1) is 0 Å². The van der Waals surface area contributed by atoms with Crippen molar-refractivity contribution in [2.45, 2.75) is 30.0 Å². The molecule has 1 N–H and O–H groups in total. The van der Waals surface area contributed by atoms with Crippen LogP contribution >= 0.6 is 11.6 Å². The maximum Gasteiger partial charge on any atom is 0.416 e. The summed E-state index contributed by atoms with van der Waals surface area (Å²) in [6.45, 7) is 0.00818. The second-order valence-electron chi connectivity index (χ2n) is 6.93. The zero-order valence-electron chi connectivity index (χ0n) is 16.2. The van der Waals surface area contributed by atoms with Gasteiger partial charge in [-0.2, -0.15) is 13.2 Å². The van der Waals surface area contributed by atoms with Crippen molar-refractivity contribution in [2.24, 2.45) is 0 Å². The van der Waals surface area contributed by atoms with Gasteiger partial charge < -0.3 is 10.1 Å². The lowest BCUT2D eigenvalue weighted by atomic mass is 10.2. The van der Waals surface area contributed by atoms with E-state index < -0.39 is 39.9 Å². The van der Waals surface area contributed by atoms with Gasteiger partial charge in [-0.05, 0) is 43.2 Å². The molecule has 0 bridgehead atoms. The van der Waals surface area contributed by atoms with Crippen LogP contribution in [-0.2, 0) is 25.7 Å². The Morgan fingerprint density at radius 2 is 1.90 bits per heavy atom. The SMILES string of the molecule is O=C(CN(c1cc(C(F)(F)F)ccc1Cl)S(=O)(=O)c1ccccc1)NCC1CCCO1. The van der Waals surface area contributed by atoms with E-state index >= 15 is 0 Å². The van der Waals surface area contributed by atoms with Crippen LogP contribution in [0.2, 0.25) is 5.02 Å². The van der Waals surface area contributed by atoms with Gasteiger partial charge in [-0.25, -0.2) is 8.42 Å². The average Bonchev–Trinajstić information content (AvgIpc) is 3.24. The summed E-state index contributed by atoms with van der Waals surface area (Å²) in [5, 5.41) is 2.34. The lowest BCUT2D eigenvalue weighted by Gasteiger charge is -2.26. The Balaban J connectivity index is 1.96. The first-order chi connectivity index (χ1) is 14.6. The Labute approximate surface area is 183 Å². The van der Waals surface area contributed by atoms with E-state index in [0.717, 1.165) is 25.0 Å². The summed E-state index contributed by atoms with van der Waals surface area (Å²) < 4.78 is 72.1. The predicted octanol–water partition coefficient (Wildman–Crippen LogP) is 3.85. The van der Waals surface area contributed by atoms with Gasteiger partial charge >= 0.3 is 6.18 Å². The maximum absolute atomic E-state index is 13.2. The highest BCUT2D eigenvalue weighted by molar-refractivity contribution is 7.92. The number of hydrogen-bond acceptors (Lipinski definition) is 4. The van der Waals surface area contributed by atoms with Crippen LogP contribution in [0.3, 0.4) is 0 Å². The molecule has 11 heteroatoms. The predicted molar refractivity (Wildman–Crippen MR) is 109 cm³/mol. The van der Waals surface area contributed by atoms with Gasteiger partial charge in [0.15, 0.2) is 0 Å². The third-order valence-corrected chi connectivity index (χ3v) is 6.81. The molecule has 1 heterocycles. The monoisotopic (exact) mass is 476 g/mol. The Kier molecular flexibility index (Phi) is 7.13. The zero-order chi connectivity index (χ0) is 22.6. The van der Waals surface area contributed by atoms with Gasteiger partial charge in [0.05, 0.1) is 27.3 Å². The van der Waals surface area contributed by atoms with E-state index in [9.17, 15) is 26.4 Å². The molecule has 0 spiro atoms. The van der Waals surface area contributed by atoms with Gasteiger partial charge in [0.2, 0.25) is 5.91 Å². The van der Waals surface area contributed by atoms with Crippen molar-refractivity contribution in [3.8, 4) is 0 Å². The van der Waals surface area contributed by atoms with Crippen molar-refractivity contribution in [1.82, 2.24) is 5.32 Å². The summed E-state index contributed by atoms with van der Waals surface area (Å²) in [7, 11) is -4.38. The summed E-state index contributed by atoms with van der Waals surface area (Å²) in [6.07, 6.45) is -3.29. The maximum atomic E-state index is 13.2. The third-order valence-electron chi connectivity index (χ3n) is 4.71. The Morgan fingerprint density at radius 3 is 2.52 bits per heavy atom. The molecule has 2 aromatic carbocycles. The number of amides is 1. The molecule has 1 fully saturated rings. The van der Waals surface area contributed by atoms with E-state index in [1.165, 1.54) is 24.3 Å². The number of alkyl halides is 3. The summed E-state index contributed by atoms with van der Waals surface area (Å²) in [4.78, 5) is 12.3. The number of ether oxygens (including phenoxy) is 1. The van der Waals surface area contributed by atoms with Crippen LogP contribution in [0.4, 0.5) is 18.9 Å². The first kappa shape index (κ1) is 23.4. The minimum Gasteiger partial charge on any atom is -0.376 e. The van der Waals surface area contributed by atoms with Crippen molar-refractivity contribution in [3.63, 3.8) is 0 Å². The van der Waals surface area contributed by atoms with Crippen LogP contribution in [0.15, 0.2) is 53.4 Å². The van der Waals surface area contributed by atoms with Crippen LogP contribution in [0.25, 0.3) is 0 Å². The molecule has 0 aliphatic carbocycles. The molecular weight excluding hydrogens is 457 g/mol. The molecule has 0 saturated carbocycles. The van der Waals surface area contributed by atoms with Gasteiger partial charge in [-0.3, -0.25) is 9.10 Å². The van der Waals surface area contributed by atoms with Crippen LogP contribution in [0.1, 0.15) is 18.4 Å². The Morgan fingerprint density at radius 1 is 1.19 bits per heavy atom. The number of halogens is 4. The molecule has 6 nitrogen and oxygen atoms in total. The molecule has 0 radical (unpaired) electrons. The largest absolute Gasteiger partial charge is 0.416 e. The molecule has 0 aromatic heterocycles. The molecule has 1 saturated heterocycles. The highest BCUT2D eigenvalue weighted by Gasteiger charge is 2.34. The molecule has 1 aliphatic rings. The summed E-state index contributed by atoms with van der Waals surface area (Å²) >= 11 is 6.07. The minimum atomic E-state index is -4.72. The summed E-state index contributed by atoms with van der Waals surface area (Å²) in [6, 6.07) is 9.42. The van der Waals surface area contributed by atoms with Gasteiger partial charge in [0, 0.05) is 13.2 Å². The van der Waals surface area contributed by atoms with Crippen molar-refractivity contribution < 1.29 is 31.1 Å². The first-order valence-corrected chi connectivity index (χ1v) is 11.2. The van der Waals surface area contributed by atoms with Gasteiger partial charge in [0.25, 0.3) is 10.0 Å². The average molecular weight is 477 g/mol. The highest BCUT2D eigenvalue weighted by atomic mass is 35.5. The number of hydrogen-bond donors (Lipinski definition) is 1. The molecule has 1 unspecified atom stereocenters. The topological polar surface area (TPSA) is 75.7 Å². The molecule has 3 rings (SSSR count). The molecule has 168 valence electrons. The number of carbonyl (C=O) groups excluding carboxylic acids is 1. The van der Waals surface area contributed by atoms with Crippen molar-refractivity contribution in [3.05, 3.63) is 59.1 Å². The minimum absolute atomic E-state index is 0.175. The number of benzene rings is 2. The van der Waals surface area contributed by atoms with Crippen LogP contribution in [0.5, 0.6) is 0 Å². The molecular formula is C20H20ClF3N2O4S. The number of rotatable bonds is 7. The van der Waals surface area contributed by atoms with Crippen molar-refractivity contribution in [1.29, 1.82) is 0 Å². The van der Waals surface area contributed by atoms with Crippen molar-refractivity contribution in [2.75, 3.05) is 24.0 Å². The third kappa shape index (κ3) is 5.69. The molecule has 1 atom stereocenters. The molecule has 31 heavy (non-hydrogen) atoms. The standard InChI is InChI=1S/C20H20ClF3N2O4S/c21-17-9-8-14(20(22,23)24)11-18(17)26(31(28,29)16-6-2-1-3-7-16)13-19(27)25-12-15-5-4-10-30-15/h1-3,6-9,11,15H,4-5,10,12-13H2,(H,25,27). The van der Waals surface area contributed by atoms with Gasteiger partial charge in [-0.15, -0.1) is 0 Å². The van der Waals surface area contributed by atoms with E-state index in [1.807, 2.05) is 0 Å². The van der Waals surface area contributed by atoms with Gasteiger partial charge in [-0.1, -0.05) is 29.8 Å². The van der Waals surface area contributed by atoms with E-state index in [-0.39, 0.29) is 22.6 Å². The Bertz CT molecular complexity index is 1030. The fraction of sp³-hybridized carbons (Fsp3) is 0.350. The summed E-state index contributed by atoms with van der Waals surface area (Å²) in [5.74, 6) is -0.691. The molecule has 2 aromatic rings. The van der Waals surface area contributed by atoms with Gasteiger partial charge in [0.1, 0.15) is 6.54 Å². The lowest BCUT2D eigenvalue weighted by molar-refractivity contribution is -0.137. The van der Waals surface area contributed by atoms with Crippen LogP contribution < -0.4 is 9.62 Å². The smallest absolute Gasteiger partial charge is 0.376 e. The normalized spacial score (nSPS) is 16.8. The second-order valence-corrected chi connectivity index (χ2v) is 9.20. The number of sulfonamides is 1. The molecule has 1 aliphatic heterocycles. The lowest BCUT2D eigenvalue weighted by Crippen LogP contribution is -2.43. The van der Waals surface area contributed by atoms with E-state index in [0.29, 0.717) is 17.0 Å². The number of anilines is 1. The van der Waals surface area contributed by atoms with E-state index in [4.69, 9.17) is 16.3 Å². The Hall–Kier alpha value is -2.30. The fourth-order valence-corrected chi connectivity index (χ4v) is 4.84. The van der Waals surface area contributed by atoms with E-state index in [2.05, 4.69) is 5.32 Å². The fourth-order valence-electron chi connectivity index (χ4n) is 3.12. The summed E-state index contributed by atoms with van der Waals surface area (Å²) in [5.41, 5.74) is -1.52. The second kappa shape index (κ2) is 9.46. The zero-order valence-corrected chi connectivity index (χ0v) is 17.8. The van der Waals surface area contributed by atoms with E-state index in [1.54, 1.807) is 6.07 Å². The number of nitrogens with one attached hydrogen (secondary N) is 1. The highest BCUT2D eigenvalue weighted by Crippen LogP contribution is 2.37. The first-order valence-electron chi connectivity index (χ1n) is 9.42.